The van der Waals surface area contributed by atoms with Crippen LogP contribution in [0.15, 0.2) is 78.0 Å². The zero-order valence-corrected chi connectivity index (χ0v) is 21.3. The molecule has 37 heavy (non-hydrogen) atoms. The Balaban J connectivity index is 1.19. The van der Waals surface area contributed by atoms with Crippen molar-refractivity contribution in [3.05, 3.63) is 84.4 Å². The fourth-order valence-corrected chi connectivity index (χ4v) is 6.22. The standard InChI is InChI=1S/C28H29FN4O3S/c1-18(19-4-8-23(29)9-5-19)31-28(34)20-6-10-24(11-7-20)33-37(35,36)25-12-13-26-22(15-25)16-27(32-26)21-3-2-14-30-17-21/h2-5,8-9,12-18,20,24,32-33H,6-7,10-11H2,1H3,(H,31,34)/t18-,20-,24-/m1/s1. The van der Waals surface area contributed by atoms with E-state index >= 15 is 0 Å². The van der Waals surface area contributed by atoms with Crippen molar-refractivity contribution in [3.8, 4) is 11.3 Å². The Hall–Kier alpha value is -3.56. The quantitative estimate of drug-likeness (QED) is 0.316. The van der Waals surface area contributed by atoms with Crippen LogP contribution in [-0.4, -0.2) is 30.3 Å². The summed E-state index contributed by atoms with van der Waals surface area (Å²) >= 11 is 0. The molecular weight excluding hydrogens is 491 g/mol. The maximum absolute atomic E-state index is 13.2. The van der Waals surface area contributed by atoms with Crippen molar-refractivity contribution < 1.29 is 17.6 Å². The number of nitrogens with one attached hydrogen (secondary N) is 3. The van der Waals surface area contributed by atoms with Crippen LogP contribution in [0.4, 0.5) is 4.39 Å². The Morgan fingerprint density at radius 1 is 1.05 bits per heavy atom. The molecule has 192 valence electrons. The SMILES string of the molecule is C[C@@H](NC(=O)[C@H]1CC[C@H](NS(=O)(=O)c2ccc3[nH]c(-c4cccnc4)cc3c2)CC1)c1ccc(F)cc1. The third kappa shape index (κ3) is 5.73. The van der Waals surface area contributed by atoms with Crippen molar-refractivity contribution in [2.45, 2.75) is 49.6 Å². The van der Waals surface area contributed by atoms with E-state index in [-0.39, 0.29) is 34.6 Å². The molecule has 4 aromatic rings. The van der Waals surface area contributed by atoms with Gasteiger partial charge in [-0.25, -0.2) is 17.5 Å². The molecule has 2 aromatic carbocycles. The summed E-state index contributed by atoms with van der Waals surface area (Å²) in [6, 6.07) is 16.4. The molecule has 3 N–H and O–H groups in total. The third-order valence-corrected chi connectivity index (χ3v) is 8.54. The number of halogens is 1. The van der Waals surface area contributed by atoms with Crippen molar-refractivity contribution in [3.63, 3.8) is 0 Å². The first kappa shape index (κ1) is 25.1. The van der Waals surface area contributed by atoms with Gasteiger partial charge in [0.05, 0.1) is 10.9 Å². The Kier molecular flexibility index (Phi) is 7.08. The highest BCUT2D eigenvalue weighted by Crippen LogP contribution is 2.29. The van der Waals surface area contributed by atoms with Crippen LogP contribution in [0, 0.1) is 11.7 Å². The number of aromatic nitrogens is 2. The second-order valence-corrected chi connectivity index (χ2v) is 11.3. The predicted molar refractivity (Wildman–Crippen MR) is 141 cm³/mol. The van der Waals surface area contributed by atoms with Gasteiger partial charge in [-0.3, -0.25) is 9.78 Å². The molecule has 1 aliphatic carbocycles. The lowest BCUT2D eigenvalue weighted by Gasteiger charge is -2.29. The van der Waals surface area contributed by atoms with Gasteiger partial charge in [0.1, 0.15) is 5.82 Å². The molecule has 0 saturated heterocycles. The minimum atomic E-state index is -3.71. The smallest absolute Gasteiger partial charge is 0.240 e. The number of hydrogen-bond acceptors (Lipinski definition) is 4. The van der Waals surface area contributed by atoms with E-state index in [1.165, 1.54) is 12.1 Å². The Morgan fingerprint density at radius 2 is 1.81 bits per heavy atom. The van der Waals surface area contributed by atoms with E-state index in [1.54, 1.807) is 42.7 Å². The van der Waals surface area contributed by atoms with Crippen LogP contribution in [0.1, 0.15) is 44.2 Å². The van der Waals surface area contributed by atoms with Crippen LogP contribution in [0.5, 0.6) is 0 Å². The number of carbonyl (C=O) groups excluding carboxylic acids is 1. The largest absolute Gasteiger partial charge is 0.354 e. The van der Waals surface area contributed by atoms with E-state index in [2.05, 4.69) is 20.0 Å². The van der Waals surface area contributed by atoms with Gasteiger partial charge < -0.3 is 10.3 Å². The van der Waals surface area contributed by atoms with E-state index in [4.69, 9.17) is 0 Å². The van der Waals surface area contributed by atoms with Crippen molar-refractivity contribution in [2.75, 3.05) is 0 Å². The Morgan fingerprint density at radius 3 is 2.51 bits per heavy atom. The highest BCUT2D eigenvalue weighted by atomic mass is 32.2. The number of rotatable bonds is 7. The zero-order valence-electron chi connectivity index (χ0n) is 20.4. The van der Waals surface area contributed by atoms with Crippen LogP contribution in [-0.2, 0) is 14.8 Å². The van der Waals surface area contributed by atoms with Gasteiger partial charge in [0.2, 0.25) is 15.9 Å². The van der Waals surface area contributed by atoms with Crippen molar-refractivity contribution >= 4 is 26.8 Å². The predicted octanol–water partition coefficient (Wildman–Crippen LogP) is 5.08. The number of carbonyl (C=O) groups is 1. The molecule has 0 unspecified atom stereocenters. The molecule has 1 aliphatic rings. The molecule has 9 heteroatoms. The molecular formula is C28H29FN4O3S. The third-order valence-electron chi connectivity index (χ3n) is 7.02. The van der Waals surface area contributed by atoms with Crippen LogP contribution in [0.25, 0.3) is 22.2 Å². The summed E-state index contributed by atoms with van der Waals surface area (Å²) < 4.78 is 42.2. The molecule has 2 aromatic heterocycles. The second-order valence-electron chi connectivity index (χ2n) is 9.63. The topological polar surface area (TPSA) is 104 Å². The summed E-state index contributed by atoms with van der Waals surface area (Å²) in [6.45, 7) is 1.87. The van der Waals surface area contributed by atoms with Crippen LogP contribution < -0.4 is 10.0 Å². The number of amides is 1. The summed E-state index contributed by atoms with van der Waals surface area (Å²) in [5, 5.41) is 3.80. The van der Waals surface area contributed by atoms with Crippen LogP contribution >= 0.6 is 0 Å². The average Bonchev–Trinajstić information content (AvgIpc) is 3.33. The summed E-state index contributed by atoms with van der Waals surface area (Å²) in [4.78, 5) is 20.4. The lowest BCUT2D eigenvalue weighted by atomic mass is 9.85. The Labute approximate surface area is 215 Å². The molecule has 0 bridgehead atoms. The number of aromatic amines is 1. The van der Waals surface area contributed by atoms with Gasteiger partial charge >= 0.3 is 0 Å². The van der Waals surface area contributed by atoms with Gasteiger partial charge in [0.15, 0.2) is 0 Å². The molecule has 7 nitrogen and oxygen atoms in total. The van der Waals surface area contributed by atoms with Crippen molar-refractivity contribution in [1.82, 2.24) is 20.0 Å². The summed E-state index contributed by atoms with van der Waals surface area (Å²) in [7, 11) is -3.71. The van der Waals surface area contributed by atoms with Crippen molar-refractivity contribution in [2.24, 2.45) is 5.92 Å². The zero-order chi connectivity index (χ0) is 26.0. The van der Waals surface area contributed by atoms with Crippen LogP contribution in [0.3, 0.4) is 0 Å². The van der Waals surface area contributed by atoms with E-state index < -0.39 is 10.0 Å². The molecule has 1 amide bonds. The molecule has 1 atom stereocenters. The summed E-state index contributed by atoms with van der Waals surface area (Å²) in [5.74, 6) is -0.545. The summed E-state index contributed by atoms with van der Waals surface area (Å²) in [6.07, 6.45) is 5.82. The van der Waals surface area contributed by atoms with Gasteiger partial charge in [-0.2, -0.15) is 0 Å². The van der Waals surface area contributed by atoms with E-state index in [0.29, 0.717) is 25.7 Å². The number of benzene rings is 2. The number of fused-ring (bicyclic) bond motifs is 1. The average molecular weight is 521 g/mol. The monoisotopic (exact) mass is 520 g/mol. The van der Waals surface area contributed by atoms with Gasteiger partial charge in [0, 0.05) is 46.5 Å². The fourth-order valence-electron chi connectivity index (χ4n) is 4.88. The van der Waals surface area contributed by atoms with Gasteiger partial charge in [-0.05, 0) is 86.7 Å². The minimum absolute atomic E-state index is 0.0551. The van der Waals surface area contributed by atoms with E-state index in [9.17, 15) is 17.6 Å². The number of nitrogens with zero attached hydrogens (tertiary/aromatic N) is 1. The number of sulfonamides is 1. The number of hydrogen-bond donors (Lipinski definition) is 3. The lowest BCUT2D eigenvalue weighted by molar-refractivity contribution is -0.126. The maximum Gasteiger partial charge on any atom is 0.240 e. The first-order valence-corrected chi connectivity index (χ1v) is 13.9. The molecule has 0 spiro atoms. The molecule has 1 saturated carbocycles. The minimum Gasteiger partial charge on any atom is -0.354 e. The molecule has 0 radical (unpaired) electrons. The molecule has 5 rings (SSSR count). The molecule has 1 fully saturated rings. The van der Waals surface area contributed by atoms with Crippen molar-refractivity contribution in [1.29, 1.82) is 0 Å². The highest BCUT2D eigenvalue weighted by Gasteiger charge is 2.30. The van der Waals surface area contributed by atoms with Gasteiger partial charge in [-0.15, -0.1) is 0 Å². The number of pyridine rings is 1. The van der Waals surface area contributed by atoms with E-state index in [1.807, 2.05) is 25.1 Å². The lowest BCUT2D eigenvalue weighted by Crippen LogP contribution is -2.41. The Bertz CT molecular complexity index is 1500. The number of H-pyrrole nitrogens is 1. The highest BCUT2D eigenvalue weighted by molar-refractivity contribution is 7.89. The molecule has 0 aliphatic heterocycles. The van der Waals surface area contributed by atoms with Gasteiger partial charge in [0.25, 0.3) is 0 Å². The first-order chi connectivity index (χ1) is 17.8. The first-order valence-electron chi connectivity index (χ1n) is 12.4. The summed E-state index contributed by atoms with van der Waals surface area (Å²) in [5.41, 5.74) is 3.48. The van der Waals surface area contributed by atoms with Crippen LogP contribution in [0.2, 0.25) is 0 Å². The maximum atomic E-state index is 13.2. The second kappa shape index (κ2) is 10.4. The van der Waals surface area contributed by atoms with E-state index in [0.717, 1.165) is 27.7 Å². The normalized spacial score (nSPS) is 19.0. The fraction of sp³-hybridized carbons (Fsp3) is 0.286. The molecule has 2 heterocycles. The van der Waals surface area contributed by atoms with Gasteiger partial charge in [-0.1, -0.05) is 12.1 Å².